The summed E-state index contributed by atoms with van der Waals surface area (Å²) in [6.45, 7) is 0.593. The normalized spacial score (nSPS) is 10.4. The van der Waals surface area contributed by atoms with Gasteiger partial charge in [0, 0.05) is 5.75 Å². The molecule has 1 aromatic heterocycles. The van der Waals surface area contributed by atoms with E-state index < -0.39 is 0 Å². The molecule has 0 atom stereocenters. The second-order valence-corrected chi connectivity index (χ2v) is 6.66. The molecule has 5 heteroatoms. The molecule has 21 heavy (non-hydrogen) atoms. The van der Waals surface area contributed by atoms with E-state index in [-0.39, 0.29) is 0 Å². The van der Waals surface area contributed by atoms with E-state index in [0.717, 1.165) is 21.4 Å². The van der Waals surface area contributed by atoms with Gasteiger partial charge in [-0.25, -0.2) is 4.98 Å². The smallest absolute Gasteiger partial charge is 0.151 e. The topological polar surface area (TPSA) is 45.9 Å². The molecule has 3 aromatic rings. The molecule has 0 spiro atoms. The third-order valence-electron chi connectivity index (χ3n) is 2.81. The summed E-state index contributed by atoms with van der Waals surface area (Å²) >= 11 is 3.40. The quantitative estimate of drug-likeness (QED) is 0.519. The van der Waals surface area contributed by atoms with Crippen LogP contribution in [0, 0.1) is 11.3 Å². The van der Waals surface area contributed by atoms with E-state index in [0.29, 0.717) is 12.2 Å². The predicted molar refractivity (Wildman–Crippen MR) is 87.0 cm³/mol. The van der Waals surface area contributed by atoms with Gasteiger partial charge in [0.05, 0.1) is 28.5 Å². The van der Waals surface area contributed by atoms with Crippen molar-refractivity contribution < 1.29 is 4.74 Å². The summed E-state index contributed by atoms with van der Waals surface area (Å²) < 4.78 is 7.92. The van der Waals surface area contributed by atoms with Crippen molar-refractivity contribution in [1.29, 1.82) is 5.26 Å². The highest BCUT2D eigenvalue weighted by Crippen LogP contribution is 2.29. The lowest BCUT2D eigenvalue weighted by Crippen LogP contribution is -2.00. The molecule has 0 saturated heterocycles. The fourth-order valence-corrected chi connectivity index (χ4v) is 3.81. The molecule has 0 aliphatic carbocycles. The van der Waals surface area contributed by atoms with Gasteiger partial charge >= 0.3 is 0 Å². The zero-order chi connectivity index (χ0) is 14.5. The van der Waals surface area contributed by atoms with E-state index in [1.165, 1.54) is 4.70 Å². The second kappa shape index (κ2) is 6.61. The van der Waals surface area contributed by atoms with Crippen LogP contribution in [0.15, 0.2) is 52.9 Å². The van der Waals surface area contributed by atoms with Gasteiger partial charge in [0.15, 0.2) is 4.34 Å². The lowest BCUT2D eigenvalue weighted by Gasteiger charge is -2.04. The summed E-state index contributed by atoms with van der Waals surface area (Å²) in [5.74, 6) is 1.57. The first-order valence-corrected chi connectivity index (χ1v) is 8.27. The zero-order valence-corrected chi connectivity index (χ0v) is 12.8. The first-order valence-electron chi connectivity index (χ1n) is 6.46. The maximum absolute atomic E-state index is 8.83. The number of rotatable bonds is 5. The lowest BCUT2D eigenvalue weighted by atomic mass is 10.2. The van der Waals surface area contributed by atoms with E-state index in [1.807, 2.05) is 30.3 Å². The number of aromatic nitrogens is 1. The standard InChI is InChI=1S/C16H12N2OS2/c17-11-12-4-3-5-13(10-12)19-8-9-20-16-18-14-6-1-2-7-15(14)21-16/h1-7,10H,8-9H2. The number of thiazole rings is 1. The van der Waals surface area contributed by atoms with Crippen LogP contribution in [0.2, 0.25) is 0 Å². The molecule has 0 fully saturated rings. The van der Waals surface area contributed by atoms with Gasteiger partial charge < -0.3 is 4.74 Å². The van der Waals surface area contributed by atoms with Crippen LogP contribution in [0.1, 0.15) is 5.56 Å². The largest absolute Gasteiger partial charge is 0.493 e. The molecule has 3 nitrogen and oxygen atoms in total. The average molecular weight is 312 g/mol. The Balaban J connectivity index is 1.53. The first kappa shape index (κ1) is 13.9. The zero-order valence-electron chi connectivity index (χ0n) is 11.2. The fourth-order valence-electron chi connectivity index (χ4n) is 1.86. The Labute approximate surface area is 131 Å². The number of para-hydroxylation sites is 1. The molecule has 0 bridgehead atoms. The van der Waals surface area contributed by atoms with Gasteiger partial charge in [-0.05, 0) is 30.3 Å². The van der Waals surface area contributed by atoms with Gasteiger partial charge in [-0.1, -0.05) is 30.0 Å². The Morgan fingerprint density at radius 1 is 1.19 bits per heavy atom. The maximum atomic E-state index is 8.83. The second-order valence-electron chi connectivity index (χ2n) is 4.28. The summed E-state index contributed by atoms with van der Waals surface area (Å²) in [6.07, 6.45) is 0. The molecule has 0 aliphatic heterocycles. The number of hydrogen-bond donors (Lipinski definition) is 0. The molecule has 3 rings (SSSR count). The van der Waals surface area contributed by atoms with Crippen LogP contribution in [0.5, 0.6) is 5.75 Å². The van der Waals surface area contributed by atoms with Crippen molar-refractivity contribution in [2.45, 2.75) is 4.34 Å². The monoisotopic (exact) mass is 312 g/mol. The van der Waals surface area contributed by atoms with E-state index in [2.05, 4.69) is 17.1 Å². The Morgan fingerprint density at radius 2 is 2.10 bits per heavy atom. The van der Waals surface area contributed by atoms with Crippen LogP contribution in [-0.4, -0.2) is 17.3 Å². The van der Waals surface area contributed by atoms with Crippen LogP contribution >= 0.6 is 23.1 Å². The van der Waals surface area contributed by atoms with Crippen LogP contribution in [0.4, 0.5) is 0 Å². The van der Waals surface area contributed by atoms with E-state index in [1.54, 1.807) is 35.2 Å². The summed E-state index contributed by atoms with van der Waals surface area (Å²) in [6, 6.07) is 17.5. The molecule has 0 amide bonds. The van der Waals surface area contributed by atoms with Gasteiger partial charge in [0.1, 0.15) is 5.75 Å². The van der Waals surface area contributed by atoms with Crippen molar-refractivity contribution in [3.8, 4) is 11.8 Å². The summed E-state index contributed by atoms with van der Waals surface area (Å²) in [4.78, 5) is 4.57. The van der Waals surface area contributed by atoms with Crippen LogP contribution in [0.25, 0.3) is 10.2 Å². The van der Waals surface area contributed by atoms with Crippen molar-refractivity contribution in [2.75, 3.05) is 12.4 Å². The minimum atomic E-state index is 0.593. The minimum absolute atomic E-state index is 0.593. The molecule has 0 unspecified atom stereocenters. The highest BCUT2D eigenvalue weighted by atomic mass is 32.2. The van der Waals surface area contributed by atoms with Gasteiger partial charge in [-0.2, -0.15) is 5.26 Å². The molecular weight excluding hydrogens is 300 g/mol. The first-order chi connectivity index (χ1) is 10.3. The van der Waals surface area contributed by atoms with Gasteiger partial charge in [0.2, 0.25) is 0 Å². The molecule has 104 valence electrons. The summed E-state index contributed by atoms with van der Waals surface area (Å²) in [5.41, 5.74) is 1.67. The Kier molecular flexibility index (Phi) is 4.39. The third kappa shape index (κ3) is 3.54. The minimum Gasteiger partial charge on any atom is -0.493 e. The fraction of sp³-hybridized carbons (Fsp3) is 0.125. The molecule has 0 N–H and O–H groups in total. The van der Waals surface area contributed by atoms with Gasteiger partial charge in [-0.15, -0.1) is 11.3 Å². The number of thioether (sulfide) groups is 1. The number of benzene rings is 2. The Hall–Kier alpha value is -2.03. The van der Waals surface area contributed by atoms with Crippen molar-refractivity contribution in [2.24, 2.45) is 0 Å². The maximum Gasteiger partial charge on any atom is 0.151 e. The number of nitrogens with zero attached hydrogens (tertiary/aromatic N) is 2. The predicted octanol–water partition coefficient (Wildman–Crippen LogP) is 4.34. The summed E-state index contributed by atoms with van der Waals surface area (Å²) in [7, 11) is 0. The van der Waals surface area contributed by atoms with Crippen LogP contribution in [-0.2, 0) is 0 Å². The van der Waals surface area contributed by atoms with Crippen molar-refractivity contribution in [3.63, 3.8) is 0 Å². The highest BCUT2D eigenvalue weighted by Gasteiger charge is 2.03. The Bertz CT molecular complexity index is 759. The molecule has 0 saturated carbocycles. The van der Waals surface area contributed by atoms with Gasteiger partial charge in [0.25, 0.3) is 0 Å². The average Bonchev–Trinajstić information content (AvgIpc) is 2.94. The summed E-state index contributed by atoms with van der Waals surface area (Å²) in [5, 5.41) is 8.83. The van der Waals surface area contributed by atoms with E-state index >= 15 is 0 Å². The van der Waals surface area contributed by atoms with Gasteiger partial charge in [-0.3, -0.25) is 0 Å². The number of hydrogen-bond acceptors (Lipinski definition) is 5. The third-order valence-corrected chi connectivity index (χ3v) is 4.96. The lowest BCUT2D eigenvalue weighted by molar-refractivity contribution is 0.344. The van der Waals surface area contributed by atoms with E-state index in [9.17, 15) is 0 Å². The molecular formula is C16H12N2OS2. The van der Waals surface area contributed by atoms with Crippen LogP contribution < -0.4 is 4.74 Å². The molecule has 1 heterocycles. The SMILES string of the molecule is N#Cc1cccc(OCCSc2nc3ccccc3s2)c1. The van der Waals surface area contributed by atoms with Crippen molar-refractivity contribution in [1.82, 2.24) is 4.98 Å². The number of ether oxygens (including phenoxy) is 1. The van der Waals surface area contributed by atoms with Crippen molar-refractivity contribution in [3.05, 3.63) is 54.1 Å². The highest BCUT2D eigenvalue weighted by molar-refractivity contribution is 8.01. The Morgan fingerprint density at radius 3 is 2.95 bits per heavy atom. The molecule has 2 aromatic carbocycles. The van der Waals surface area contributed by atoms with Crippen molar-refractivity contribution >= 4 is 33.3 Å². The molecule has 0 radical (unpaired) electrons. The number of fused-ring (bicyclic) bond motifs is 1. The van der Waals surface area contributed by atoms with Crippen LogP contribution in [0.3, 0.4) is 0 Å². The van der Waals surface area contributed by atoms with E-state index in [4.69, 9.17) is 10.00 Å². The number of nitriles is 1. The molecule has 0 aliphatic rings.